The summed E-state index contributed by atoms with van der Waals surface area (Å²) in [4.78, 5) is 17.0. The number of pyridine rings is 1. The number of methoxy groups -OCH3 is 1. The first kappa shape index (κ1) is 16.9. The van der Waals surface area contributed by atoms with E-state index in [0.717, 1.165) is 10.8 Å². The Morgan fingerprint density at radius 3 is 2.58 bits per heavy atom. The van der Waals surface area contributed by atoms with Crippen molar-refractivity contribution in [3.05, 3.63) is 70.0 Å². The Balaban J connectivity index is 1.90. The van der Waals surface area contributed by atoms with Crippen LogP contribution in [0.1, 0.15) is 15.9 Å². The number of aromatic nitrogens is 1. The molecule has 0 radical (unpaired) electrons. The van der Waals surface area contributed by atoms with E-state index in [2.05, 4.69) is 4.98 Å². The SMILES string of the molecule is COc1ccc(C(=O)Cc2c(Cl)cncc2Cl)c2c1oc1ccccc12. The smallest absolute Gasteiger partial charge is 0.177 e. The van der Waals surface area contributed by atoms with E-state index in [4.69, 9.17) is 32.4 Å². The number of furan rings is 1. The quantitative estimate of drug-likeness (QED) is 0.421. The molecular weight excluding hydrogens is 373 g/mol. The molecule has 2 heterocycles. The van der Waals surface area contributed by atoms with E-state index >= 15 is 0 Å². The Hall–Kier alpha value is -2.56. The molecule has 0 aliphatic heterocycles. The van der Waals surface area contributed by atoms with Gasteiger partial charge in [0, 0.05) is 40.7 Å². The fourth-order valence-corrected chi connectivity index (χ4v) is 3.56. The van der Waals surface area contributed by atoms with Crippen LogP contribution in [0.5, 0.6) is 5.75 Å². The van der Waals surface area contributed by atoms with E-state index in [0.29, 0.717) is 38.1 Å². The van der Waals surface area contributed by atoms with Gasteiger partial charge in [-0.1, -0.05) is 41.4 Å². The van der Waals surface area contributed by atoms with E-state index in [1.807, 2.05) is 24.3 Å². The topological polar surface area (TPSA) is 52.3 Å². The standard InChI is InChI=1S/C20H13Cl2NO3/c1-25-18-7-6-11(16(24)8-13-14(21)9-23-10-15(13)22)19-12-4-2-3-5-17(12)26-20(18)19/h2-7,9-10H,8H2,1H3. The summed E-state index contributed by atoms with van der Waals surface area (Å²) in [6.45, 7) is 0. The number of hydrogen-bond donors (Lipinski definition) is 0. The number of hydrogen-bond acceptors (Lipinski definition) is 4. The highest BCUT2D eigenvalue weighted by Gasteiger charge is 2.21. The van der Waals surface area contributed by atoms with Gasteiger partial charge in [-0.25, -0.2) is 0 Å². The molecule has 0 N–H and O–H groups in total. The van der Waals surface area contributed by atoms with Crippen molar-refractivity contribution >= 4 is 50.9 Å². The third-order valence-electron chi connectivity index (χ3n) is 4.30. The van der Waals surface area contributed by atoms with Crippen molar-refractivity contribution in [2.75, 3.05) is 7.11 Å². The molecule has 2 aromatic carbocycles. The Labute approximate surface area is 159 Å². The first-order valence-corrected chi connectivity index (χ1v) is 8.65. The van der Waals surface area contributed by atoms with Crippen molar-refractivity contribution in [1.29, 1.82) is 0 Å². The predicted octanol–water partition coefficient (Wildman–Crippen LogP) is 5.72. The average molecular weight is 386 g/mol. The first-order chi connectivity index (χ1) is 12.6. The summed E-state index contributed by atoms with van der Waals surface area (Å²) in [5.74, 6) is 0.465. The van der Waals surface area contributed by atoms with Gasteiger partial charge in [0.25, 0.3) is 0 Å². The van der Waals surface area contributed by atoms with Gasteiger partial charge in [0.15, 0.2) is 17.1 Å². The minimum atomic E-state index is -0.112. The highest BCUT2D eigenvalue weighted by atomic mass is 35.5. The molecule has 0 spiro atoms. The molecule has 0 saturated carbocycles. The Morgan fingerprint density at radius 2 is 1.85 bits per heavy atom. The maximum absolute atomic E-state index is 13.1. The molecule has 0 atom stereocenters. The van der Waals surface area contributed by atoms with Gasteiger partial charge in [-0.3, -0.25) is 9.78 Å². The van der Waals surface area contributed by atoms with Crippen molar-refractivity contribution in [2.45, 2.75) is 6.42 Å². The number of ketones is 1. The van der Waals surface area contributed by atoms with Crippen LogP contribution in [-0.4, -0.2) is 17.9 Å². The molecule has 0 aliphatic rings. The maximum atomic E-state index is 13.1. The summed E-state index contributed by atoms with van der Waals surface area (Å²) in [7, 11) is 1.57. The van der Waals surface area contributed by atoms with Crippen molar-refractivity contribution in [2.24, 2.45) is 0 Å². The molecule has 0 unspecified atom stereocenters. The molecule has 0 bridgehead atoms. The monoisotopic (exact) mass is 385 g/mol. The highest BCUT2D eigenvalue weighted by molar-refractivity contribution is 6.36. The lowest BCUT2D eigenvalue weighted by atomic mass is 9.98. The van der Waals surface area contributed by atoms with Crippen LogP contribution in [0.2, 0.25) is 10.0 Å². The number of fused-ring (bicyclic) bond motifs is 3. The molecular formula is C20H13Cl2NO3. The highest BCUT2D eigenvalue weighted by Crippen LogP contribution is 2.37. The summed E-state index contributed by atoms with van der Waals surface area (Å²) in [6.07, 6.45) is 3.03. The van der Waals surface area contributed by atoms with Crippen molar-refractivity contribution in [3.63, 3.8) is 0 Å². The van der Waals surface area contributed by atoms with Crippen molar-refractivity contribution < 1.29 is 13.9 Å². The normalized spacial score (nSPS) is 11.2. The van der Waals surface area contributed by atoms with Gasteiger partial charge >= 0.3 is 0 Å². The molecule has 4 aromatic rings. The van der Waals surface area contributed by atoms with Crippen LogP contribution >= 0.6 is 23.2 Å². The van der Waals surface area contributed by atoms with Crippen LogP contribution in [0, 0.1) is 0 Å². The van der Waals surface area contributed by atoms with Crippen LogP contribution < -0.4 is 4.74 Å². The Kier molecular flexibility index (Phi) is 4.31. The van der Waals surface area contributed by atoms with Crippen LogP contribution in [0.25, 0.3) is 21.9 Å². The number of halogens is 2. The number of carbonyl (C=O) groups is 1. The third-order valence-corrected chi connectivity index (χ3v) is 4.95. The van der Waals surface area contributed by atoms with Crippen LogP contribution in [0.4, 0.5) is 0 Å². The van der Waals surface area contributed by atoms with E-state index in [9.17, 15) is 4.79 Å². The lowest BCUT2D eigenvalue weighted by Gasteiger charge is -2.08. The van der Waals surface area contributed by atoms with Gasteiger partial charge < -0.3 is 9.15 Å². The molecule has 0 amide bonds. The average Bonchev–Trinajstić information content (AvgIpc) is 3.03. The number of rotatable bonds is 4. The maximum Gasteiger partial charge on any atom is 0.177 e. The van der Waals surface area contributed by atoms with Crippen LogP contribution in [0.15, 0.2) is 53.2 Å². The molecule has 4 nitrogen and oxygen atoms in total. The minimum absolute atomic E-state index is 0.0706. The fourth-order valence-electron chi connectivity index (χ4n) is 3.06. The number of nitrogens with zero attached hydrogens (tertiary/aromatic N) is 1. The predicted molar refractivity (Wildman–Crippen MR) is 103 cm³/mol. The van der Waals surface area contributed by atoms with E-state index in [-0.39, 0.29) is 12.2 Å². The van der Waals surface area contributed by atoms with Crippen LogP contribution in [-0.2, 0) is 6.42 Å². The van der Waals surface area contributed by atoms with E-state index in [1.54, 1.807) is 19.2 Å². The van der Waals surface area contributed by atoms with Crippen molar-refractivity contribution in [1.82, 2.24) is 4.98 Å². The molecule has 26 heavy (non-hydrogen) atoms. The number of benzene rings is 2. The summed E-state index contributed by atoms with van der Waals surface area (Å²) >= 11 is 12.3. The number of Topliss-reactive ketones (excluding diaryl/α,β-unsaturated/α-hetero) is 1. The van der Waals surface area contributed by atoms with Crippen LogP contribution in [0.3, 0.4) is 0 Å². The third kappa shape index (κ3) is 2.71. The zero-order valence-electron chi connectivity index (χ0n) is 13.8. The second kappa shape index (κ2) is 6.63. The number of carbonyl (C=O) groups excluding carboxylic acids is 1. The summed E-state index contributed by atoms with van der Waals surface area (Å²) < 4.78 is 11.3. The van der Waals surface area contributed by atoms with Crippen molar-refractivity contribution in [3.8, 4) is 5.75 Å². The Bertz CT molecular complexity index is 1130. The second-order valence-electron chi connectivity index (χ2n) is 5.80. The summed E-state index contributed by atoms with van der Waals surface area (Å²) in [6, 6.07) is 11.0. The molecule has 4 rings (SSSR count). The second-order valence-corrected chi connectivity index (χ2v) is 6.61. The Morgan fingerprint density at radius 1 is 1.12 bits per heavy atom. The van der Waals surface area contributed by atoms with E-state index < -0.39 is 0 Å². The molecule has 0 aliphatic carbocycles. The minimum Gasteiger partial charge on any atom is -0.493 e. The summed E-state index contributed by atoms with van der Waals surface area (Å²) in [5, 5.41) is 2.32. The molecule has 6 heteroatoms. The lowest BCUT2D eigenvalue weighted by Crippen LogP contribution is -2.06. The van der Waals surface area contributed by atoms with Gasteiger partial charge in [-0.15, -0.1) is 0 Å². The molecule has 0 fully saturated rings. The molecule has 130 valence electrons. The summed E-state index contributed by atoms with van der Waals surface area (Å²) in [5.41, 5.74) is 2.34. The van der Waals surface area contributed by atoms with Gasteiger partial charge in [0.1, 0.15) is 5.58 Å². The largest absolute Gasteiger partial charge is 0.493 e. The zero-order chi connectivity index (χ0) is 18.3. The first-order valence-electron chi connectivity index (χ1n) is 7.89. The van der Waals surface area contributed by atoms with Gasteiger partial charge in [-0.05, 0) is 18.2 Å². The number of para-hydroxylation sites is 1. The molecule has 0 saturated heterocycles. The molecule has 2 aromatic heterocycles. The number of ether oxygens (including phenoxy) is 1. The van der Waals surface area contributed by atoms with Gasteiger partial charge in [0.05, 0.1) is 17.2 Å². The van der Waals surface area contributed by atoms with Gasteiger partial charge in [0.2, 0.25) is 0 Å². The lowest BCUT2D eigenvalue weighted by molar-refractivity contribution is 0.0994. The van der Waals surface area contributed by atoms with Gasteiger partial charge in [-0.2, -0.15) is 0 Å². The fraction of sp³-hybridized carbons (Fsp3) is 0.100. The van der Waals surface area contributed by atoms with E-state index in [1.165, 1.54) is 12.4 Å². The zero-order valence-corrected chi connectivity index (χ0v) is 15.3.